The van der Waals surface area contributed by atoms with E-state index in [9.17, 15) is 4.79 Å². The van der Waals surface area contributed by atoms with Gasteiger partial charge in [0.25, 0.3) is 5.91 Å². The Morgan fingerprint density at radius 3 is 2.50 bits per heavy atom. The molecule has 1 saturated heterocycles. The molecule has 1 fully saturated rings. The highest BCUT2D eigenvalue weighted by molar-refractivity contribution is 5.77. The predicted molar refractivity (Wildman–Crippen MR) is 79.8 cm³/mol. The highest BCUT2D eigenvalue weighted by Gasteiger charge is 2.16. The van der Waals surface area contributed by atoms with Gasteiger partial charge in [-0.25, -0.2) is 0 Å². The maximum Gasteiger partial charge on any atom is 0.260 e. The van der Waals surface area contributed by atoms with Crippen LogP contribution in [0.2, 0.25) is 0 Å². The molecule has 1 amide bonds. The van der Waals surface area contributed by atoms with Gasteiger partial charge in [-0.1, -0.05) is 12.1 Å². The maximum absolute atomic E-state index is 12.0. The van der Waals surface area contributed by atoms with Gasteiger partial charge in [0.15, 0.2) is 6.61 Å². The quantitative estimate of drug-likeness (QED) is 0.897. The number of ether oxygens (including phenoxy) is 1. The smallest absolute Gasteiger partial charge is 0.260 e. The third kappa shape index (κ3) is 3.97. The molecule has 4 heteroatoms. The van der Waals surface area contributed by atoms with E-state index in [2.05, 4.69) is 12.2 Å². The molecule has 1 heterocycles. The second kappa shape index (κ2) is 7.29. The fourth-order valence-corrected chi connectivity index (χ4v) is 2.40. The van der Waals surface area contributed by atoms with E-state index in [1.165, 1.54) is 12.0 Å². The SMILES string of the molecule is CNC(C)c1ccc(OCC(=O)N2CCCCC2)cc1. The van der Waals surface area contributed by atoms with Gasteiger partial charge < -0.3 is 15.0 Å². The molecular weight excluding hydrogens is 252 g/mol. The number of amides is 1. The third-order valence-corrected chi connectivity index (χ3v) is 3.88. The largest absolute Gasteiger partial charge is 0.484 e. The van der Waals surface area contributed by atoms with Crippen LogP contribution in [-0.2, 0) is 4.79 Å². The molecule has 110 valence electrons. The van der Waals surface area contributed by atoms with Crippen LogP contribution in [0.3, 0.4) is 0 Å². The minimum absolute atomic E-state index is 0.0948. The number of piperidine rings is 1. The summed E-state index contributed by atoms with van der Waals surface area (Å²) in [5.41, 5.74) is 1.21. The summed E-state index contributed by atoms with van der Waals surface area (Å²) in [7, 11) is 1.94. The highest BCUT2D eigenvalue weighted by atomic mass is 16.5. The van der Waals surface area contributed by atoms with Crippen LogP contribution < -0.4 is 10.1 Å². The van der Waals surface area contributed by atoms with Crippen molar-refractivity contribution < 1.29 is 9.53 Å². The Kier molecular flexibility index (Phi) is 5.41. The monoisotopic (exact) mass is 276 g/mol. The van der Waals surface area contributed by atoms with Crippen molar-refractivity contribution in [3.63, 3.8) is 0 Å². The molecule has 2 rings (SSSR count). The van der Waals surface area contributed by atoms with E-state index >= 15 is 0 Å². The summed E-state index contributed by atoms with van der Waals surface area (Å²) >= 11 is 0. The number of rotatable bonds is 5. The lowest BCUT2D eigenvalue weighted by atomic mass is 10.1. The van der Waals surface area contributed by atoms with E-state index in [-0.39, 0.29) is 12.5 Å². The van der Waals surface area contributed by atoms with Gasteiger partial charge in [0.2, 0.25) is 0 Å². The molecule has 0 bridgehead atoms. The van der Waals surface area contributed by atoms with Crippen LogP contribution in [0.15, 0.2) is 24.3 Å². The normalized spacial score (nSPS) is 16.8. The van der Waals surface area contributed by atoms with Gasteiger partial charge in [-0.2, -0.15) is 0 Å². The minimum atomic E-state index is 0.0948. The van der Waals surface area contributed by atoms with Crippen molar-refractivity contribution in [1.29, 1.82) is 0 Å². The second-order valence-electron chi connectivity index (χ2n) is 5.31. The predicted octanol–water partition coefficient (Wildman–Crippen LogP) is 2.36. The van der Waals surface area contributed by atoms with Crippen LogP contribution in [-0.4, -0.2) is 37.6 Å². The molecule has 20 heavy (non-hydrogen) atoms. The number of hydrogen-bond acceptors (Lipinski definition) is 3. The van der Waals surface area contributed by atoms with E-state index in [4.69, 9.17) is 4.74 Å². The van der Waals surface area contributed by atoms with Crippen molar-refractivity contribution in [2.24, 2.45) is 0 Å². The zero-order valence-electron chi connectivity index (χ0n) is 12.4. The Morgan fingerprint density at radius 1 is 1.25 bits per heavy atom. The van der Waals surface area contributed by atoms with Crippen molar-refractivity contribution in [3.05, 3.63) is 29.8 Å². The Balaban J connectivity index is 1.82. The first-order valence-corrected chi connectivity index (χ1v) is 7.38. The molecule has 0 aromatic heterocycles. The molecule has 1 unspecified atom stereocenters. The average molecular weight is 276 g/mol. The van der Waals surface area contributed by atoms with Crippen molar-refractivity contribution in [3.8, 4) is 5.75 Å². The lowest BCUT2D eigenvalue weighted by Gasteiger charge is -2.26. The molecule has 1 aliphatic heterocycles. The van der Waals surface area contributed by atoms with Crippen LogP contribution >= 0.6 is 0 Å². The Bertz CT molecular complexity index is 425. The van der Waals surface area contributed by atoms with Gasteiger partial charge >= 0.3 is 0 Å². The molecule has 1 aromatic rings. The molecule has 0 saturated carbocycles. The molecule has 4 nitrogen and oxygen atoms in total. The summed E-state index contributed by atoms with van der Waals surface area (Å²) in [4.78, 5) is 13.9. The van der Waals surface area contributed by atoms with Gasteiger partial charge in [-0.15, -0.1) is 0 Å². The number of likely N-dealkylation sites (tertiary alicyclic amines) is 1. The van der Waals surface area contributed by atoms with Crippen LogP contribution in [0.5, 0.6) is 5.75 Å². The molecule has 0 spiro atoms. The van der Waals surface area contributed by atoms with Gasteiger partial charge in [0.05, 0.1) is 0 Å². The molecule has 1 atom stereocenters. The fraction of sp³-hybridized carbons (Fsp3) is 0.562. The van der Waals surface area contributed by atoms with Crippen LogP contribution in [0.1, 0.15) is 37.8 Å². The first-order chi connectivity index (χ1) is 9.70. The Labute approximate surface area is 121 Å². The van der Waals surface area contributed by atoms with Gasteiger partial charge in [0, 0.05) is 19.1 Å². The average Bonchev–Trinajstić information content (AvgIpc) is 2.53. The van der Waals surface area contributed by atoms with E-state index in [0.29, 0.717) is 6.04 Å². The Morgan fingerprint density at radius 2 is 1.90 bits per heavy atom. The van der Waals surface area contributed by atoms with Crippen LogP contribution in [0.4, 0.5) is 0 Å². The maximum atomic E-state index is 12.0. The molecule has 1 N–H and O–H groups in total. The van der Waals surface area contributed by atoms with E-state index < -0.39 is 0 Å². The topological polar surface area (TPSA) is 41.6 Å². The first kappa shape index (κ1) is 14.9. The van der Waals surface area contributed by atoms with E-state index in [0.717, 1.165) is 31.7 Å². The molecular formula is C16H24N2O2. The van der Waals surface area contributed by atoms with Crippen molar-refractivity contribution in [2.45, 2.75) is 32.2 Å². The fourth-order valence-electron chi connectivity index (χ4n) is 2.40. The van der Waals surface area contributed by atoms with Crippen molar-refractivity contribution >= 4 is 5.91 Å². The zero-order chi connectivity index (χ0) is 14.4. The summed E-state index contributed by atoms with van der Waals surface area (Å²) in [6.07, 6.45) is 3.46. The lowest BCUT2D eigenvalue weighted by molar-refractivity contribution is -0.134. The van der Waals surface area contributed by atoms with Crippen LogP contribution in [0, 0.1) is 0 Å². The van der Waals surface area contributed by atoms with Gasteiger partial charge in [0.1, 0.15) is 5.75 Å². The summed E-state index contributed by atoms with van der Waals surface area (Å²) in [5, 5.41) is 3.19. The summed E-state index contributed by atoms with van der Waals surface area (Å²) in [6.45, 7) is 4.00. The third-order valence-electron chi connectivity index (χ3n) is 3.88. The summed E-state index contributed by atoms with van der Waals surface area (Å²) in [6, 6.07) is 8.22. The minimum Gasteiger partial charge on any atom is -0.484 e. The number of nitrogens with zero attached hydrogens (tertiary/aromatic N) is 1. The number of benzene rings is 1. The first-order valence-electron chi connectivity index (χ1n) is 7.38. The standard InChI is InChI=1S/C16H24N2O2/c1-13(17-2)14-6-8-15(9-7-14)20-12-16(19)18-10-4-3-5-11-18/h6-9,13,17H,3-5,10-12H2,1-2H3. The highest BCUT2D eigenvalue weighted by Crippen LogP contribution is 2.17. The number of nitrogens with one attached hydrogen (secondary N) is 1. The van der Waals surface area contributed by atoms with Crippen molar-refractivity contribution in [2.75, 3.05) is 26.7 Å². The number of hydrogen-bond donors (Lipinski definition) is 1. The lowest BCUT2D eigenvalue weighted by Crippen LogP contribution is -2.38. The molecule has 1 aromatic carbocycles. The molecule has 0 aliphatic carbocycles. The van der Waals surface area contributed by atoms with Crippen molar-refractivity contribution in [1.82, 2.24) is 10.2 Å². The Hall–Kier alpha value is -1.55. The van der Waals surface area contributed by atoms with Gasteiger partial charge in [-0.3, -0.25) is 4.79 Å². The van der Waals surface area contributed by atoms with Crippen LogP contribution in [0.25, 0.3) is 0 Å². The molecule has 0 radical (unpaired) electrons. The zero-order valence-corrected chi connectivity index (χ0v) is 12.4. The second-order valence-corrected chi connectivity index (χ2v) is 5.31. The number of carbonyl (C=O) groups is 1. The van der Waals surface area contributed by atoms with Gasteiger partial charge in [-0.05, 0) is 50.9 Å². The molecule has 1 aliphatic rings. The number of carbonyl (C=O) groups excluding carboxylic acids is 1. The van der Waals surface area contributed by atoms with E-state index in [1.54, 1.807) is 0 Å². The van der Waals surface area contributed by atoms with E-state index in [1.807, 2.05) is 36.2 Å². The summed E-state index contributed by atoms with van der Waals surface area (Å²) < 4.78 is 5.58. The summed E-state index contributed by atoms with van der Waals surface area (Å²) in [5.74, 6) is 0.847.